The van der Waals surface area contributed by atoms with Crippen LogP contribution in [0.1, 0.15) is 12.0 Å². The molecule has 0 aliphatic carbocycles. The molecule has 0 saturated heterocycles. The third-order valence-corrected chi connectivity index (χ3v) is 2.50. The van der Waals surface area contributed by atoms with Crippen LogP contribution in [0.25, 0.3) is 0 Å². The summed E-state index contributed by atoms with van der Waals surface area (Å²) in [6.07, 6.45) is 1.37. The van der Waals surface area contributed by atoms with Gasteiger partial charge in [0.15, 0.2) is 0 Å². The van der Waals surface area contributed by atoms with Gasteiger partial charge in [-0.25, -0.2) is 0 Å². The molecule has 1 aromatic carbocycles. The number of nitro groups is 1. The molecule has 0 amide bonds. The summed E-state index contributed by atoms with van der Waals surface area (Å²) >= 11 is 0. The third kappa shape index (κ3) is 3.60. The van der Waals surface area contributed by atoms with Crippen molar-refractivity contribution in [2.24, 2.45) is 5.92 Å². The minimum atomic E-state index is -0.436. The predicted octanol–water partition coefficient (Wildman–Crippen LogP) is 1.13. The van der Waals surface area contributed by atoms with Gasteiger partial charge in [0.2, 0.25) is 0 Å². The second-order valence-corrected chi connectivity index (χ2v) is 3.69. The average molecular weight is 225 g/mol. The second-order valence-electron chi connectivity index (χ2n) is 3.69. The summed E-state index contributed by atoms with van der Waals surface area (Å²) in [5.41, 5.74) is 1.04. The number of benzene rings is 1. The van der Waals surface area contributed by atoms with Crippen molar-refractivity contribution in [3.8, 4) is 0 Å². The lowest BCUT2D eigenvalue weighted by Crippen LogP contribution is -2.11. The lowest BCUT2D eigenvalue weighted by Gasteiger charge is -2.09. The van der Waals surface area contributed by atoms with Crippen molar-refractivity contribution in [1.29, 1.82) is 0 Å². The topological polar surface area (TPSA) is 83.6 Å². The Labute approximate surface area is 93.5 Å². The van der Waals surface area contributed by atoms with Gasteiger partial charge in [-0.3, -0.25) is 10.1 Å². The summed E-state index contributed by atoms with van der Waals surface area (Å²) in [5, 5.41) is 28.2. The summed E-state index contributed by atoms with van der Waals surface area (Å²) in [6.45, 7) is -0.0764. The third-order valence-electron chi connectivity index (χ3n) is 2.50. The molecule has 0 aliphatic rings. The molecule has 2 N–H and O–H groups in total. The van der Waals surface area contributed by atoms with Gasteiger partial charge in [0.25, 0.3) is 5.69 Å². The average Bonchev–Trinajstić information content (AvgIpc) is 2.31. The van der Waals surface area contributed by atoms with E-state index < -0.39 is 4.92 Å². The predicted molar refractivity (Wildman–Crippen MR) is 59.1 cm³/mol. The molecular formula is C11H15NO4. The monoisotopic (exact) mass is 225 g/mol. The minimum absolute atomic E-state index is 0.0382. The lowest BCUT2D eigenvalue weighted by molar-refractivity contribution is -0.384. The number of aryl methyl sites for hydroxylation is 1. The van der Waals surface area contributed by atoms with Crippen molar-refractivity contribution < 1.29 is 15.1 Å². The number of nitrogens with zero attached hydrogens (tertiary/aromatic N) is 1. The van der Waals surface area contributed by atoms with Crippen LogP contribution in [0.15, 0.2) is 24.3 Å². The van der Waals surface area contributed by atoms with Crippen molar-refractivity contribution in [3.63, 3.8) is 0 Å². The van der Waals surface area contributed by atoms with Gasteiger partial charge < -0.3 is 10.2 Å². The van der Waals surface area contributed by atoms with E-state index in [-0.39, 0.29) is 24.8 Å². The highest BCUT2D eigenvalue weighted by molar-refractivity contribution is 5.32. The van der Waals surface area contributed by atoms with Crippen molar-refractivity contribution in [1.82, 2.24) is 0 Å². The fourth-order valence-corrected chi connectivity index (χ4v) is 1.40. The van der Waals surface area contributed by atoms with Crippen LogP contribution in [0.4, 0.5) is 5.69 Å². The Hall–Kier alpha value is -1.46. The normalized spacial score (nSPS) is 10.7. The van der Waals surface area contributed by atoms with Gasteiger partial charge in [-0.15, -0.1) is 0 Å². The molecule has 5 nitrogen and oxygen atoms in total. The van der Waals surface area contributed by atoms with E-state index in [1.165, 1.54) is 12.1 Å². The smallest absolute Gasteiger partial charge is 0.269 e. The molecule has 0 aliphatic heterocycles. The molecule has 5 heteroatoms. The van der Waals surface area contributed by atoms with Crippen LogP contribution in [-0.4, -0.2) is 28.4 Å². The molecule has 1 aromatic rings. The molecule has 0 aromatic heterocycles. The van der Waals surface area contributed by atoms with E-state index in [0.29, 0.717) is 12.8 Å². The number of rotatable bonds is 6. The first-order valence-electron chi connectivity index (χ1n) is 5.12. The Morgan fingerprint density at radius 2 is 1.75 bits per heavy atom. The number of hydrogen-bond acceptors (Lipinski definition) is 4. The van der Waals surface area contributed by atoms with Crippen molar-refractivity contribution >= 4 is 5.69 Å². The Morgan fingerprint density at radius 3 is 2.19 bits per heavy atom. The highest BCUT2D eigenvalue weighted by Gasteiger charge is 2.07. The van der Waals surface area contributed by atoms with Gasteiger partial charge in [-0.2, -0.15) is 0 Å². The van der Waals surface area contributed by atoms with Crippen LogP contribution in [0.5, 0.6) is 0 Å². The molecule has 0 atom stereocenters. The Bertz CT molecular complexity index is 332. The van der Waals surface area contributed by atoms with Crippen LogP contribution in [-0.2, 0) is 6.42 Å². The number of hydrogen-bond donors (Lipinski definition) is 2. The van der Waals surface area contributed by atoms with Crippen LogP contribution < -0.4 is 0 Å². The molecule has 0 fully saturated rings. The maximum absolute atomic E-state index is 10.4. The maximum Gasteiger partial charge on any atom is 0.269 e. The first-order valence-corrected chi connectivity index (χ1v) is 5.12. The maximum atomic E-state index is 10.4. The summed E-state index contributed by atoms with van der Waals surface area (Å²) in [4.78, 5) is 9.97. The number of aliphatic hydroxyl groups excluding tert-OH is 2. The quantitative estimate of drug-likeness (QED) is 0.561. The van der Waals surface area contributed by atoms with Gasteiger partial charge in [0.05, 0.1) is 4.92 Å². The van der Waals surface area contributed by atoms with Crippen LogP contribution in [0.3, 0.4) is 0 Å². The molecule has 88 valence electrons. The molecule has 1 rings (SSSR count). The molecule has 0 unspecified atom stereocenters. The van der Waals surface area contributed by atoms with E-state index in [2.05, 4.69) is 0 Å². The van der Waals surface area contributed by atoms with E-state index in [4.69, 9.17) is 10.2 Å². The molecular weight excluding hydrogens is 210 g/mol. The highest BCUT2D eigenvalue weighted by Crippen LogP contribution is 2.14. The SMILES string of the molecule is O=[N+]([O-])c1ccc(CCC(CO)CO)cc1. The summed E-state index contributed by atoms with van der Waals surface area (Å²) < 4.78 is 0. The van der Waals surface area contributed by atoms with Gasteiger partial charge in [-0.05, 0) is 18.4 Å². The zero-order valence-corrected chi connectivity index (χ0v) is 8.87. The Kier molecular flexibility index (Phi) is 4.88. The van der Waals surface area contributed by atoms with Crippen LogP contribution in [0, 0.1) is 16.0 Å². The molecule has 0 spiro atoms. The van der Waals surface area contributed by atoms with E-state index in [1.54, 1.807) is 12.1 Å². The van der Waals surface area contributed by atoms with Crippen molar-refractivity contribution in [2.45, 2.75) is 12.8 Å². The van der Waals surface area contributed by atoms with Crippen LogP contribution >= 0.6 is 0 Å². The van der Waals surface area contributed by atoms with Gasteiger partial charge >= 0.3 is 0 Å². The number of aliphatic hydroxyl groups is 2. The zero-order chi connectivity index (χ0) is 12.0. The van der Waals surface area contributed by atoms with E-state index in [0.717, 1.165) is 5.56 Å². The summed E-state index contributed by atoms with van der Waals surface area (Å²) in [7, 11) is 0. The lowest BCUT2D eigenvalue weighted by atomic mass is 10.0. The standard InChI is InChI=1S/C11H15NO4/c13-7-10(8-14)2-1-9-3-5-11(6-4-9)12(15)16/h3-6,10,13-14H,1-2,7-8H2. The van der Waals surface area contributed by atoms with Gasteiger partial charge in [0, 0.05) is 31.3 Å². The van der Waals surface area contributed by atoms with Gasteiger partial charge in [-0.1, -0.05) is 12.1 Å². The zero-order valence-electron chi connectivity index (χ0n) is 8.87. The molecule has 0 bridgehead atoms. The van der Waals surface area contributed by atoms with E-state index in [9.17, 15) is 10.1 Å². The largest absolute Gasteiger partial charge is 0.396 e. The van der Waals surface area contributed by atoms with E-state index >= 15 is 0 Å². The number of non-ortho nitro benzene ring substituents is 1. The highest BCUT2D eigenvalue weighted by atomic mass is 16.6. The van der Waals surface area contributed by atoms with Crippen molar-refractivity contribution in [2.75, 3.05) is 13.2 Å². The van der Waals surface area contributed by atoms with E-state index in [1.807, 2.05) is 0 Å². The molecule has 0 saturated carbocycles. The first-order chi connectivity index (χ1) is 7.67. The van der Waals surface area contributed by atoms with Crippen LogP contribution in [0.2, 0.25) is 0 Å². The molecule has 0 heterocycles. The molecule has 0 radical (unpaired) electrons. The second kappa shape index (κ2) is 6.19. The summed E-state index contributed by atoms with van der Waals surface area (Å²) in [6, 6.07) is 6.32. The fraction of sp³-hybridized carbons (Fsp3) is 0.455. The summed E-state index contributed by atoms with van der Waals surface area (Å²) in [5.74, 6) is -0.116. The van der Waals surface area contributed by atoms with Crippen molar-refractivity contribution in [3.05, 3.63) is 39.9 Å². The molecule has 16 heavy (non-hydrogen) atoms. The Morgan fingerprint density at radius 1 is 1.19 bits per heavy atom. The van der Waals surface area contributed by atoms with Gasteiger partial charge in [0.1, 0.15) is 0 Å². The first kappa shape index (κ1) is 12.6. The minimum Gasteiger partial charge on any atom is -0.396 e. The Balaban J connectivity index is 2.52. The fourth-order valence-electron chi connectivity index (χ4n) is 1.40. The number of nitro benzene ring substituents is 1.